The van der Waals surface area contributed by atoms with Crippen molar-refractivity contribution in [2.75, 3.05) is 39.0 Å². The zero-order chi connectivity index (χ0) is 18.3. The van der Waals surface area contributed by atoms with Gasteiger partial charge in [0.15, 0.2) is 5.96 Å². The molecule has 2 atom stereocenters. The lowest BCUT2D eigenvalue weighted by Crippen LogP contribution is -2.47. The molecule has 2 aliphatic heterocycles. The number of nitrogens with zero attached hydrogens (tertiary/aromatic N) is 2. The summed E-state index contributed by atoms with van der Waals surface area (Å²) in [6.45, 7) is 9.06. The first kappa shape index (κ1) is 23.7. The summed E-state index contributed by atoms with van der Waals surface area (Å²) in [6.07, 6.45) is 4.57. The second kappa shape index (κ2) is 11.5. The molecule has 8 heteroatoms. The quantitative estimate of drug-likeness (QED) is 0.354. The number of hydrogen-bond acceptors (Lipinski definition) is 4. The fourth-order valence-electron chi connectivity index (χ4n) is 3.20. The molecule has 0 aromatic carbocycles. The van der Waals surface area contributed by atoms with Crippen LogP contribution < -0.4 is 10.6 Å². The number of halogens is 1. The van der Waals surface area contributed by atoms with Gasteiger partial charge in [-0.3, -0.25) is 4.99 Å². The third-order valence-electron chi connectivity index (χ3n) is 4.47. The average molecular weight is 498 g/mol. The molecule has 2 saturated heterocycles. The molecular weight excluding hydrogens is 463 g/mol. The summed E-state index contributed by atoms with van der Waals surface area (Å²) in [6, 6.07) is 0. The average Bonchev–Trinajstić information content (AvgIpc) is 3.07. The molecule has 0 spiro atoms. The van der Waals surface area contributed by atoms with E-state index in [0.29, 0.717) is 11.2 Å². The summed E-state index contributed by atoms with van der Waals surface area (Å²) in [5.74, 6) is 2.57. The molecule has 1 amide bonds. The van der Waals surface area contributed by atoms with Crippen LogP contribution in [0.25, 0.3) is 0 Å². The molecular formula is C18H35IN4O2S. The molecule has 152 valence electrons. The third kappa shape index (κ3) is 8.54. The fourth-order valence-corrected chi connectivity index (χ4v) is 4.40. The second-order valence-electron chi connectivity index (χ2n) is 7.90. The van der Waals surface area contributed by atoms with Crippen LogP contribution in [0.5, 0.6) is 0 Å². The van der Waals surface area contributed by atoms with Gasteiger partial charge < -0.3 is 20.3 Å². The Morgan fingerprint density at radius 2 is 1.96 bits per heavy atom. The molecule has 26 heavy (non-hydrogen) atoms. The highest BCUT2D eigenvalue weighted by atomic mass is 127. The van der Waals surface area contributed by atoms with Gasteiger partial charge in [-0.2, -0.15) is 11.8 Å². The Morgan fingerprint density at radius 3 is 2.58 bits per heavy atom. The van der Waals surface area contributed by atoms with Crippen LogP contribution in [0.4, 0.5) is 4.79 Å². The zero-order valence-corrected chi connectivity index (χ0v) is 19.7. The number of rotatable bonds is 4. The molecule has 2 unspecified atom stereocenters. The Morgan fingerprint density at radius 1 is 1.23 bits per heavy atom. The van der Waals surface area contributed by atoms with Crippen LogP contribution in [0.15, 0.2) is 4.99 Å². The minimum absolute atomic E-state index is 0. The van der Waals surface area contributed by atoms with E-state index in [4.69, 9.17) is 4.74 Å². The number of nitrogens with one attached hydrogen (secondary N) is 2. The van der Waals surface area contributed by atoms with Gasteiger partial charge in [-0.15, -0.1) is 24.0 Å². The number of piperidine rings is 1. The number of hydrogen-bond donors (Lipinski definition) is 2. The minimum atomic E-state index is -0.438. The summed E-state index contributed by atoms with van der Waals surface area (Å²) in [5.41, 5.74) is -0.438. The maximum Gasteiger partial charge on any atom is 0.410 e. The number of carbonyl (C=O) groups excluding carboxylic acids is 1. The van der Waals surface area contributed by atoms with E-state index in [9.17, 15) is 4.79 Å². The maximum atomic E-state index is 12.2. The van der Waals surface area contributed by atoms with Crippen LogP contribution in [-0.4, -0.2) is 66.8 Å². The number of aliphatic imine (C=N–C) groups is 1. The van der Waals surface area contributed by atoms with E-state index in [-0.39, 0.29) is 30.1 Å². The summed E-state index contributed by atoms with van der Waals surface area (Å²) in [7, 11) is 1.81. The van der Waals surface area contributed by atoms with Gasteiger partial charge in [0, 0.05) is 38.5 Å². The van der Waals surface area contributed by atoms with Crippen molar-refractivity contribution in [1.82, 2.24) is 15.5 Å². The van der Waals surface area contributed by atoms with Gasteiger partial charge in [0.2, 0.25) is 0 Å². The molecule has 0 aliphatic carbocycles. The molecule has 0 bridgehead atoms. The Balaban J connectivity index is 0.00000338. The van der Waals surface area contributed by atoms with Gasteiger partial charge in [-0.05, 0) is 58.1 Å². The summed E-state index contributed by atoms with van der Waals surface area (Å²) in [4.78, 5) is 18.4. The van der Waals surface area contributed by atoms with Gasteiger partial charge in [0.05, 0.1) is 0 Å². The topological polar surface area (TPSA) is 66.0 Å². The molecule has 2 aliphatic rings. The van der Waals surface area contributed by atoms with Crippen molar-refractivity contribution in [2.45, 2.75) is 57.3 Å². The Bertz CT molecular complexity index is 465. The highest BCUT2D eigenvalue weighted by Gasteiger charge is 2.27. The Hall–Kier alpha value is -0.380. The van der Waals surface area contributed by atoms with Crippen LogP contribution in [-0.2, 0) is 4.74 Å². The van der Waals surface area contributed by atoms with Crippen molar-refractivity contribution >= 4 is 47.8 Å². The Kier molecular flexibility index (Phi) is 10.4. The summed E-state index contributed by atoms with van der Waals surface area (Å²) in [5, 5.41) is 7.55. The fraction of sp³-hybridized carbons (Fsp3) is 0.889. The van der Waals surface area contributed by atoms with Gasteiger partial charge in [-0.1, -0.05) is 0 Å². The number of guanidine groups is 1. The van der Waals surface area contributed by atoms with Crippen LogP contribution in [0.1, 0.15) is 46.5 Å². The summed E-state index contributed by atoms with van der Waals surface area (Å²) < 4.78 is 5.50. The van der Waals surface area contributed by atoms with Crippen molar-refractivity contribution in [2.24, 2.45) is 10.9 Å². The minimum Gasteiger partial charge on any atom is -0.444 e. The summed E-state index contributed by atoms with van der Waals surface area (Å²) >= 11 is 2.05. The van der Waals surface area contributed by atoms with Gasteiger partial charge >= 0.3 is 6.09 Å². The lowest BCUT2D eigenvalue weighted by Gasteiger charge is -2.34. The highest BCUT2D eigenvalue weighted by molar-refractivity contribution is 14.0. The van der Waals surface area contributed by atoms with Crippen molar-refractivity contribution in [3.05, 3.63) is 0 Å². The van der Waals surface area contributed by atoms with Crippen LogP contribution >= 0.6 is 35.7 Å². The van der Waals surface area contributed by atoms with Crippen molar-refractivity contribution < 1.29 is 9.53 Å². The van der Waals surface area contributed by atoms with Gasteiger partial charge in [-0.25, -0.2) is 4.79 Å². The smallest absolute Gasteiger partial charge is 0.410 e. The standard InChI is InChI=1S/C18H34N4O2S.HI/c1-18(2,3)24-17(23)22-9-5-7-14(13-22)11-20-16(19-4)21-12-15-8-6-10-25-15;/h14-15H,5-13H2,1-4H3,(H2,19,20,21);1H. The van der Waals surface area contributed by atoms with E-state index in [1.165, 1.54) is 18.6 Å². The van der Waals surface area contributed by atoms with E-state index in [0.717, 1.165) is 45.0 Å². The number of carbonyl (C=O) groups is 1. The van der Waals surface area contributed by atoms with Crippen molar-refractivity contribution in [3.63, 3.8) is 0 Å². The molecule has 6 nitrogen and oxygen atoms in total. The lowest BCUT2D eigenvalue weighted by molar-refractivity contribution is 0.0168. The van der Waals surface area contributed by atoms with Gasteiger partial charge in [0.25, 0.3) is 0 Å². The molecule has 2 fully saturated rings. The molecule has 2 rings (SSSR count). The predicted molar refractivity (Wildman–Crippen MR) is 121 cm³/mol. The SMILES string of the molecule is CN=C(NCC1CCCN(C(=O)OC(C)(C)C)C1)NCC1CCCS1.I. The molecule has 2 N–H and O–H groups in total. The molecule has 2 heterocycles. The van der Waals surface area contributed by atoms with Crippen LogP contribution in [0, 0.1) is 5.92 Å². The highest BCUT2D eigenvalue weighted by Crippen LogP contribution is 2.25. The van der Waals surface area contributed by atoms with E-state index in [1.54, 1.807) is 0 Å². The lowest BCUT2D eigenvalue weighted by atomic mass is 9.98. The first-order valence-electron chi connectivity index (χ1n) is 9.41. The zero-order valence-electron chi connectivity index (χ0n) is 16.5. The van der Waals surface area contributed by atoms with Crippen LogP contribution in [0.2, 0.25) is 0 Å². The predicted octanol–water partition coefficient (Wildman–Crippen LogP) is 3.31. The maximum absolute atomic E-state index is 12.2. The van der Waals surface area contributed by atoms with E-state index < -0.39 is 5.60 Å². The molecule has 0 aromatic rings. The van der Waals surface area contributed by atoms with Crippen molar-refractivity contribution in [3.8, 4) is 0 Å². The van der Waals surface area contributed by atoms with E-state index in [1.807, 2.05) is 44.5 Å². The van der Waals surface area contributed by atoms with Crippen LogP contribution in [0.3, 0.4) is 0 Å². The third-order valence-corrected chi connectivity index (χ3v) is 5.87. The normalized spacial score (nSPS) is 24.0. The molecule has 0 saturated carbocycles. The van der Waals surface area contributed by atoms with E-state index >= 15 is 0 Å². The van der Waals surface area contributed by atoms with E-state index in [2.05, 4.69) is 15.6 Å². The largest absolute Gasteiger partial charge is 0.444 e. The number of amides is 1. The first-order valence-corrected chi connectivity index (χ1v) is 10.5. The second-order valence-corrected chi connectivity index (χ2v) is 9.31. The van der Waals surface area contributed by atoms with Crippen molar-refractivity contribution in [1.29, 1.82) is 0 Å². The number of thioether (sulfide) groups is 1. The number of ether oxygens (including phenoxy) is 1. The van der Waals surface area contributed by atoms with Gasteiger partial charge in [0.1, 0.15) is 5.60 Å². The Labute approximate surface area is 179 Å². The number of likely N-dealkylation sites (tertiary alicyclic amines) is 1. The monoisotopic (exact) mass is 498 g/mol. The molecule has 0 aromatic heterocycles. The first-order chi connectivity index (χ1) is 11.9. The molecule has 0 radical (unpaired) electrons.